The van der Waals surface area contributed by atoms with Crippen molar-refractivity contribution in [3.05, 3.63) is 176 Å². The molecule has 234 valence electrons. The third kappa shape index (κ3) is 4.73. The Morgan fingerprint density at radius 3 is 1.94 bits per heavy atom. The number of benzene rings is 7. The van der Waals surface area contributed by atoms with Crippen LogP contribution in [-0.4, -0.2) is 14.5 Å². The van der Waals surface area contributed by atoms with Gasteiger partial charge in [0.2, 0.25) is 0 Å². The maximum atomic E-state index is 5.31. The predicted octanol–water partition coefficient (Wildman–Crippen LogP) is 12.6. The van der Waals surface area contributed by atoms with Gasteiger partial charge in [0.15, 0.2) is 5.82 Å². The fourth-order valence-electron chi connectivity index (χ4n) is 7.26. The quantitative estimate of drug-likeness (QED) is 0.185. The molecule has 0 bridgehead atoms. The van der Waals surface area contributed by atoms with E-state index in [4.69, 9.17) is 9.97 Å². The topological polar surface area (TPSA) is 30.7 Å². The van der Waals surface area contributed by atoms with Crippen LogP contribution in [0.25, 0.3) is 92.7 Å². The summed E-state index contributed by atoms with van der Waals surface area (Å²) in [5.41, 5.74) is 10.7. The molecule has 0 fully saturated rings. The number of para-hydroxylation sites is 2. The van der Waals surface area contributed by atoms with Gasteiger partial charge in [0.1, 0.15) is 0 Å². The highest BCUT2D eigenvalue weighted by atomic mass is 32.1. The van der Waals surface area contributed by atoms with Crippen molar-refractivity contribution < 1.29 is 0 Å². The molecule has 10 rings (SSSR count). The van der Waals surface area contributed by atoms with Crippen molar-refractivity contribution in [1.29, 1.82) is 0 Å². The first-order valence-electron chi connectivity index (χ1n) is 16.8. The first-order chi connectivity index (χ1) is 24.8. The molecule has 0 aliphatic carbocycles. The summed E-state index contributed by atoms with van der Waals surface area (Å²) in [6, 6.07) is 62.5. The Morgan fingerprint density at radius 2 is 1.06 bits per heavy atom. The minimum atomic E-state index is 0.706. The standard InChI is InChI=1S/C46H29N3S/c1-3-13-30(14-4-1)31-15-11-16-33(27-31)46-47-40(29-41(48-46)39-22-12-21-38-37-20-8-10-24-44(37)50-45(38)39)32-25-26-36-35-19-7-9-23-42(35)49(43(36)28-32)34-17-5-2-6-18-34/h1-29H. The van der Waals surface area contributed by atoms with Crippen LogP contribution >= 0.6 is 11.3 Å². The molecule has 0 saturated heterocycles. The monoisotopic (exact) mass is 655 g/mol. The van der Waals surface area contributed by atoms with E-state index in [1.165, 1.54) is 42.0 Å². The SMILES string of the molecule is c1ccc(-c2cccc(-c3nc(-c4ccc5c6ccccc6n(-c6ccccc6)c5c4)cc(-c4cccc5c4sc4ccccc45)n3)c2)cc1. The zero-order valence-electron chi connectivity index (χ0n) is 27.0. The minimum Gasteiger partial charge on any atom is -0.309 e. The lowest BCUT2D eigenvalue weighted by atomic mass is 10.0. The Labute approximate surface area is 293 Å². The number of hydrogen-bond donors (Lipinski definition) is 0. The van der Waals surface area contributed by atoms with Crippen LogP contribution in [0.1, 0.15) is 0 Å². The summed E-state index contributed by atoms with van der Waals surface area (Å²) in [7, 11) is 0. The molecule has 7 aromatic carbocycles. The summed E-state index contributed by atoms with van der Waals surface area (Å²) in [4.78, 5) is 10.6. The highest BCUT2D eigenvalue weighted by molar-refractivity contribution is 7.26. The van der Waals surface area contributed by atoms with Crippen molar-refractivity contribution in [3.63, 3.8) is 0 Å². The Bertz CT molecular complexity index is 2870. The van der Waals surface area contributed by atoms with Gasteiger partial charge in [0.25, 0.3) is 0 Å². The minimum absolute atomic E-state index is 0.706. The second-order valence-corrected chi connectivity index (χ2v) is 13.7. The summed E-state index contributed by atoms with van der Waals surface area (Å²) in [5, 5.41) is 4.98. The molecule has 3 heterocycles. The summed E-state index contributed by atoms with van der Waals surface area (Å²) >= 11 is 1.83. The third-order valence-electron chi connectivity index (χ3n) is 9.62. The molecule has 4 heteroatoms. The average molecular weight is 656 g/mol. The van der Waals surface area contributed by atoms with Gasteiger partial charge in [0, 0.05) is 53.3 Å². The molecule has 0 amide bonds. The fourth-order valence-corrected chi connectivity index (χ4v) is 8.49. The second kappa shape index (κ2) is 11.7. The van der Waals surface area contributed by atoms with Gasteiger partial charge in [-0.05, 0) is 53.6 Å². The molecule has 0 atom stereocenters. The van der Waals surface area contributed by atoms with Gasteiger partial charge < -0.3 is 4.57 Å². The lowest BCUT2D eigenvalue weighted by molar-refractivity contribution is 1.17. The van der Waals surface area contributed by atoms with E-state index in [1.807, 2.05) is 11.3 Å². The Balaban J connectivity index is 1.22. The van der Waals surface area contributed by atoms with Crippen LogP contribution in [0, 0.1) is 0 Å². The van der Waals surface area contributed by atoms with Gasteiger partial charge >= 0.3 is 0 Å². The summed E-state index contributed by atoms with van der Waals surface area (Å²) < 4.78 is 4.87. The number of nitrogens with zero attached hydrogens (tertiary/aromatic N) is 3. The molecule has 0 aliphatic rings. The first kappa shape index (κ1) is 28.6. The third-order valence-corrected chi connectivity index (χ3v) is 10.8. The van der Waals surface area contributed by atoms with E-state index in [1.54, 1.807) is 0 Å². The van der Waals surface area contributed by atoms with E-state index >= 15 is 0 Å². The van der Waals surface area contributed by atoms with E-state index < -0.39 is 0 Å². The number of hydrogen-bond acceptors (Lipinski definition) is 3. The normalized spacial score (nSPS) is 11.6. The zero-order chi connectivity index (χ0) is 33.0. The zero-order valence-corrected chi connectivity index (χ0v) is 27.8. The van der Waals surface area contributed by atoms with Crippen LogP contribution in [0.5, 0.6) is 0 Å². The van der Waals surface area contributed by atoms with Gasteiger partial charge in [-0.1, -0.05) is 133 Å². The van der Waals surface area contributed by atoms with Crippen molar-refractivity contribution in [2.45, 2.75) is 0 Å². The molecule has 0 spiro atoms. The maximum absolute atomic E-state index is 5.31. The molecule has 10 aromatic rings. The average Bonchev–Trinajstić information content (AvgIpc) is 3.74. The van der Waals surface area contributed by atoms with Gasteiger partial charge in [0.05, 0.1) is 22.4 Å². The number of fused-ring (bicyclic) bond motifs is 6. The van der Waals surface area contributed by atoms with Crippen LogP contribution in [0.15, 0.2) is 176 Å². The lowest BCUT2D eigenvalue weighted by Gasteiger charge is -2.12. The Kier molecular flexibility index (Phi) is 6.68. The lowest BCUT2D eigenvalue weighted by Crippen LogP contribution is -1.97. The Morgan fingerprint density at radius 1 is 0.400 bits per heavy atom. The molecular weight excluding hydrogens is 627 g/mol. The number of thiophene rings is 1. The second-order valence-electron chi connectivity index (χ2n) is 12.6. The van der Waals surface area contributed by atoms with Gasteiger partial charge in [-0.15, -0.1) is 11.3 Å². The van der Waals surface area contributed by atoms with Crippen LogP contribution < -0.4 is 0 Å². The predicted molar refractivity (Wildman–Crippen MR) is 211 cm³/mol. The number of rotatable bonds is 5. The van der Waals surface area contributed by atoms with E-state index in [0.717, 1.165) is 44.8 Å². The van der Waals surface area contributed by atoms with Crippen molar-refractivity contribution in [3.8, 4) is 50.7 Å². The number of aromatic nitrogens is 3. The van der Waals surface area contributed by atoms with Crippen molar-refractivity contribution >= 4 is 53.3 Å². The van der Waals surface area contributed by atoms with Crippen LogP contribution in [0.2, 0.25) is 0 Å². The summed E-state index contributed by atoms with van der Waals surface area (Å²) in [6.07, 6.45) is 0. The summed E-state index contributed by atoms with van der Waals surface area (Å²) in [6.45, 7) is 0. The van der Waals surface area contributed by atoms with Gasteiger partial charge in [-0.25, -0.2) is 9.97 Å². The van der Waals surface area contributed by atoms with Crippen molar-refractivity contribution in [2.75, 3.05) is 0 Å². The highest BCUT2D eigenvalue weighted by Crippen LogP contribution is 2.41. The van der Waals surface area contributed by atoms with Gasteiger partial charge in [-0.3, -0.25) is 0 Å². The molecule has 0 N–H and O–H groups in total. The summed E-state index contributed by atoms with van der Waals surface area (Å²) in [5.74, 6) is 0.706. The van der Waals surface area contributed by atoms with E-state index in [-0.39, 0.29) is 0 Å². The van der Waals surface area contributed by atoms with E-state index in [2.05, 4.69) is 180 Å². The van der Waals surface area contributed by atoms with Crippen LogP contribution in [-0.2, 0) is 0 Å². The van der Waals surface area contributed by atoms with E-state index in [9.17, 15) is 0 Å². The van der Waals surface area contributed by atoms with Crippen LogP contribution in [0.4, 0.5) is 0 Å². The van der Waals surface area contributed by atoms with E-state index in [0.29, 0.717) is 5.82 Å². The van der Waals surface area contributed by atoms with Gasteiger partial charge in [-0.2, -0.15) is 0 Å². The molecule has 0 unspecified atom stereocenters. The molecular formula is C46H29N3S. The fraction of sp³-hybridized carbons (Fsp3) is 0. The van der Waals surface area contributed by atoms with Crippen molar-refractivity contribution in [1.82, 2.24) is 14.5 Å². The smallest absolute Gasteiger partial charge is 0.160 e. The molecule has 0 aliphatic heterocycles. The largest absolute Gasteiger partial charge is 0.309 e. The first-order valence-corrected chi connectivity index (χ1v) is 17.6. The molecule has 3 nitrogen and oxygen atoms in total. The van der Waals surface area contributed by atoms with Crippen LogP contribution in [0.3, 0.4) is 0 Å². The Hall–Kier alpha value is -6.36. The highest BCUT2D eigenvalue weighted by Gasteiger charge is 2.18. The molecule has 50 heavy (non-hydrogen) atoms. The maximum Gasteiger partial charge on any atom is 0.160 e. The molecule has 0 saturated carbocycles. The molecule has 3 aromatic heterocycles. The van der Waals surface area contributed by atoms with Crippen molar-refractivity contribution in [2.24, 2.45) is 0 Å². The molecule has 0 radical (unpaired) electrons.